The van der Waals surface area contributed by atoms with Crippen molar-refractivity contribution < 1.29 is 29.0 Å². The third-order valence-electron chi connectivity index (χ3n) is 5.20. The number of carbonyl (C=O) groups is 1. The number of aromatic amines is 1. The lowest BCUT2D eigenvalue weighted by molar-refractivity contribution is -0.385. The van der Waals surface area contributed by atoms with Crippen LogP contribution < -0.4 is 11.2 Å². The van der Waals surface area contributed by atoms with Crippen LogP contribution in [0.15, 0.2) is 38.5 Å². The van der Waals surface area contributed by atoms with Gasteiger partial charge in [-0.3, -0.25) is 24.5 Å². The predicted molar refractivity (Wildman–Crippen MR) is 117 cm³/mol. The van der Waals surface area contributed by atoms with Gasteiger partial charge in [0, 0.05) is 40.2 Å². The van der Waals surface area contributed by atoms with Crippen molar-refractivity contribution in [3.05, 3.63) is 70.9 Å². The second-order valence-electron chi connectivity index (χ2n) is 7.64. The average Bonchev–Trinajstić information content (AvgIpc) is 3.13. The van der Waals surface area contributed by atoms with Gasteiger partial charge < -0.3 is 19.3 Å². The van der Waals surface area contributed by atoms with E-state index in [2.05, 4.69) is 20.9 Å². The Labute approximate surface area is 195 Å². The standard InChI is InChI=1S/C20H22BrN3O9/c1-10-7-23(19(27)22-18(10)26)17-6-15(25)16(33-17)9-32-20(28)31-8-11(2)13-4-3-12(21)5-14(13)24(29)30/h3-5,7,11,15-17,25H,6,8-9H2,1-2H3,(H,22,26,27)/t11?,15?,16-,17-/m1/s1. The van der Waals surface area contributed by atoms with Crippen molar-refractivity contribution in [1.29, 1.82) is 0 Å². The molecule has 0 radical (unpaired) electrons. The molecule has 1 aromatic carbocycles. The molecule has 0 saturated carbocycles. The summed E-state index contributed by atoms with van der Waals surface area (Å²) in [5.74, 6) is -0.473. The first-order valence-corrected chi connectivity index (χ1v) is 10.7. The topological polar surface area (TPSA) is 163 Å². The summed E-state index contributed by atoms with van der Waals surface area (Å²) in [6.45, 7) is 2.70. The summed E-state index contributed by atoms with van der Waals surface area (Å²) >= 11 is 3.19. The minimum atomic E-state index is -1.03. The normalized spacial score (nSPS) is 20.9. The van der Waals surface area contributed by atoms with Gasteiger partial charge in [-0.25, -0.2) is 9.59 Å². The molecular formula is C20H22BrN3O9. The first kappa shape index (κ1) is 24.6. The first-order chi connectivity index (χ1) is 15.6. The van der Waals surface area contributed by atoms with Crippen molar-refractivity contribution in [2.45, 2.75) is 44.6 Å². The molecule has 0 spiro atoms. The van der Waals surface area contributed by atoms with Crippen molar-refractivity contribution in [3.8, 4) is 0 Å². The second kappa shape index (κ2) is 10.3. The van der Waals surface area contributed by atoms with Crippen LogP contribution in [0.2, 0.25) is 0 Å². The Balaban J connectivity index is 1.53. The van der Waals surface area contributed by atoms with Crippen molar-refractivity contribution >= 4 is 27.8 Å². The number of carbonyl (C=O) groups excluding carboxylic acids is 1. The zero-order chi connectivity index (χ0) is 24.3. The van der Waals surface area contributed by atoms with Gasteiger partial charge in [-0.1, -0.05) is 28.9 Å². The largest absolute Gasteiger partial charge is 0.508 e. The molecular weight excluding hydrogens is 506 g/mol. The van der Waals surface area contributed by atoms with Gasteiger partial charge in [0.05, 0.1) is 11.0 Å². The fourth-order valence-corrected chi connectivity index (χ4v) is 3.75. The quantitative estimate of drug-likeness (QED) is 0.311. The van der Waals surface area contributed by atoms with Crippen LogP contribution in [0.4, 0.5) is 10.5 Å². The molecule has 178 valence electrons. The zero-order valence-electron chi connectivity index (χ0n) is 17.7. The fraction of sp³-hybridized carbons (Fsp3) is 0.450. The molecule has 0 bridgehead atoms. The van der Waals surface area contributed by atoms with E-state index in [-0.39, 0.29) is 25.3 Å². The number of hydrogen-bond donors (Lipinski definition) is 2. The Morgan fingerprint density at radius 3 is 2.85 bits per heavy atom. The average molecular weight is 528 g/mol. The minimum absolute atomic E-state index is 0.0543. The predicted octanol–water partition coefficient (Wildman–Crippen LogP) is 2.12. The van der Waals surface area contributed by atoms with Crippen LogP contribution in [0, 0.1) is 17.0 Å². The van der Waals surface area contributed by atoms with Crippen LogP contribution in [-0.4, -0.2) is 51.2 Å². The van der Waals surface area contributed by atoms with Gasteiger partial charge >= 0.3 is 11.8 Å². The van der Waals surface area contributed by atoms with Crippen LogP contribution in [0.1, 0.15) is 36.6 Å². The number of halogens is 1. The molecule has 4 atom stereocenters. The first-order valence-electron chi connectivity index (χ1n) is 9.95. The maximum absolute atomic E-state index is 12.0. The van der Waals surface area contributed by atoms with Gasteiger partial charge in [0.15, 0.2) is 0 Å². The van der Waals surface area contributed by atoms with Crippen LogP contribution in [0.25, 0.3) is 0 Å². The van der Waals surface area contributed by atoms with E-state index in [1.54, 1.807) is 19.1 Å². The number of nitrogens with one attached hydrogen (secondary N) is 1. The number of rotatable bonds is 7. The summed E-state index contributed by atoms with van der Waals surface area (Å²) in [6.07, 6.45) is -2.42. The molecule has 2 heterocycles. The lowest BCUT2D eigenvalue weighted by Gasteiger charge is -2.17. The van der Waals surface area contributed by atoms with Gasteiger partial charge in [0.2, 0.25) is 0 Å². The van der Waals surface area contributed by atoms with E-state index in [4.69, 9.17) is 14.2 Å². The Bertz CT molecular complexity index is 1160. The SMILES string of the molecule is Cc1cn([C@H]2CC(O)[C@@H](COC(=O)OCC(C)c3ccc(Br)cc3[N+](=O)[O-])O2)c(=O)[nH]c1=O. The molecule has 2 aromatic rings. The van der Waals surface area contributed by atoms with Crippen LogP contribution >= 0.6 is 15.9 Å². The van der Waals surface area contributed by atoms with E-state index in [1.165, 1.54) is 19.2 Å². The van der Waals surface area contributed by atoms with E-state index >= 15 is 0 Å². The van der Waals surface area contributed by atoms with Crippen LogP contribution in [0.3, 0.4) is 0 Å². The van der Waals surface area contributed by atoms with Crippen LogP contribution in [0.5, 0.6) is 0 Å². The highest BCUT2D eigenvalue weighted by atomic mass is 79.9. The van der Waals surface area contributed by atoms with E-state index in [1.807, 2.05) is 0 Å². The summed E-state index contributed by atoms with van der Waals surface area (Å²) < 4.78 is 17.4. The summed E-state index contributed by atoms with van der Waals surface area (Å²) in [5, 5.41) is 21.5. The Morgan fingerprint density at radius 1 is 1.42 bits per heavy atom. The molecule has 1 aliphatic rings. The number of hydrogen-bond acceptors (Lipinski definition) is 9. The monoisotopic (exact) mass is 527 g/mol. The molecule has 13 heteroatoms. The molecule has 1 aromatic heterocycles. The highest BCUT2D eigenvalue weighted by molar-refractivity contribution is 9.10. The van der Waals surface area contributed by atoms with E-state index < -0.39 is 46.7 Å². The molecule has 1 fully saturated rings. The third kappa shape index (κ3) is 5.86. The molecule has 1 aliphatic heterocycles. The van der Waals surface area contributed by atoms with Crippen molar-refractivity contribution in [1.82, 2.24) is 9.55 Å². The van der Waals surface area contributed by atoms with E-state index in [0.717, 1.165) is 4.57 Å². The van der Waals surface area contributed by atoms with Crippen LogP contribution in [-0.2, 0) is 14.2 Å². The number of ether oxygens (including phenoxy) is 3. The maximum Gasteiger partial charge on any atom is 0.508 e. The lowest BCUT2D eigenvalue weighted by atomic mass is 10.0. The summed E-state index contributed by atoms with van der Waals surface area (Å²) in [5.41, 5.74) is -0.596. The van der Waals surface area contributed by atoms with Gasteiger partial charge in [0.25, 0.3) is 11.2 Å². The van der Waals surface area contributed by atoms with Gasteiger partial charge in [-0.2, -0.15) is 0 Å². The van der Waals surface area contributed by atoms with Crippen molar-refractivity contribution in [3.63, 3.8) is 0 Å². The zero-order valence-corrected chi connectivity index (χ0v) is 19.3. The summed E-state index contributed by atoms with van der Waals surface area (Å²) in [7, 11) is 0. The third-order valence-corrected chi connectivity index (χ3v) is 5.69. The molecule has 2 unspecified atom stereocenters. The molecule has 1 saturated heterocycles. The fourth-order valence-electron chi connectivity index (χ4n) is 3.40. The highest BCUT2D eigenvalue weighted by Gasteiger charge is 2.36. The number of nitro groups is 1. The minimum Gasteiger partial charge on any atom is -0.434 e. The number of aryl methyl sites for hydroxylation is 1. The molecule has 12 nitrogen and oxygen atoms in total. The number of aromatic nitrogens is 2. The number of nitrogens with zero attached hydrogens (tertiary/aromatic N) is 2. The molecule has 33 heavy (non-hydrogen) atoms. The van der Waals surface area contributed by atoms with E-state index in [9.17, 15) is 29.6 Å². The molecule has 3 rings (SSSR count). The smallest absolute Gasteiger partial charge is 0.434 e. The number of benzene rings is 1. The van der Waals surface area contributed by atoms with Gasteiger partial charge in [0.1, 0.15) is 25.5 Å². The molecule has 0 amide bonds. The lowest BCUT2D eigenvalue weighted by Crippen LogP contribution is -2.33. The van der Waals surface area contributed by atoms with E-state index in [0.29, 0.717) is 15.6 Å². The van der Waals surface area contributed by atoms with Crippen molar-refractivity contribution in [2.75, 3.05) is 13.2 Å². The Morgan fingerprint density at radius 2 is 2.15 bits per heavy atom. The summed E-state index contributed by atoms with van der Waals surface area (Å²) in [6, 6.07) is 4.60. The van der Waals surface area contributed by atoms with Gasteiger partial charge in [-0.05, 0) is 13.0 Å². The Hall–Kier alpha value is -3.03. The Kier molecular flexibility index (Phi) is 7.66. The van der Waals surface area contributed by atoms with Gasteiger partial charge in [-0.15, -0.1) is 0 Å². The second-order valence-corrected chi connectivity index (χ2v) is 8.56. The summed E-state index contributed by atoms with van der Waals surface area (Å²) in [4.78, 5) is 48.4. The molecule has 0 aliphatic carbocycles. The highest BCUT2D eigenvalue weighted by Crippen LogP contribution is 2.30. The molecule has 2 N–H and O–H groups in total. The number of nitro benzene ring substituents is 1. The number of H-pyrrole nitrogens is 1. The van der Waals surface area contributed by atoms with Crippen molar-refractivity contribution in [2.24, 2.45) is 0 Å². The number of aliphatic hydroxyl groups excluding tert-OH is 1. The number of aliphatic hydroxyl groups is 1. The maximum atomic E-state index is 12.0.